The van der Waals surface area contributed by atoms with Gasteiger partial charge in [-0.25, -0.2) is 0 Å². The first-order chi connectivity index (χ1) is 10.2. The van der Waals surface area contributed by atoms with E-state index in [1.165, 1.54) is 18.2 Å². The molecule has 8 heteroatoms. The van der Waals surface area contributed by atoms with Crippen LogP contribution in [0, 0.1) is 24.0 Å². The van der Waals surface area contributed by atoms with E-state index in [-0.39, 0.29) is 10.6 Å². The van der Waals surface area contributed by atoms with Gasteiger partial charge in [0.25, 0.3) is 0 Å². The Morgan fingerprint density at radius 3 is 2.27 bits per heavy atom. The fourth-order valence-corrected chi connectivity index (χ4v) is 3.90. The molecule has 0 saturated carbocycles. The average Bonchev–Trinajstić information content (AvgIpc) is 2.39. The van der Waals surface area contributed by atoms with Crippen LogP contribution in [0.2, 0.25) is 0 Å². The molecule has 0 aliphatic heterocycles. The smallest absolute Gasteiger partial charge is 0.340 e. The lowest BCUT2D eigenvalue weighted by atomic mass is 10.2. The van der Waals surface area contributed by atoms with E-state index in [0.717, 1.165) is 5.56 Å². The minimum Gasteiger partial charge on any atom is -0.372 e. The molecule has 0 aliphatic carbocycles. The van der Waals surface area contributed by atoms with Gasteiger partial charge in [-0.2, -0.15) is 8.42 Å². The van der Waals surface area contributed by atoms with Crippen LogP contribution < -0.4 is 4.18 Å². The van der Waals surface area contributed by atoms with Crippen LogP contribution in [0.15, 0.2) is 45.8 Å². The molecule has 0 unspecified atom stereocenters. The van der Waals surface area contributed by atoms with Crippen LogP contribution in [0.25, 0.3) is 0 Å². The van der Waals surface area contributed by atoms with Crippen molar-refractivity contribution < 1.29 is 17.5 Å². The molecular formula is C14H12BrNO5S. The normalized spacial score (nSPS) is 11.2. The molecule has 0 N–H and O–H groups in total. The van der Waals surface area contributed by atoms with Crippen LogP contribution in [0.3, 0.4) is 0 Å². The molecular weight excluding hydrogens is 374 g/mol. The Bertz CT molecular complexity index is 848. The molecule has 0 amide bonds. The summed E-state index contributed by atoms with van der Waals surface area (Å²) in [5.41, 5.74) is 1.10. The van der Waals surface area contributed by atoms with Crippen molar-refractivity contribution in [2.75, 3.05) is 0 Å². The van der Waals surface area contributed by atoms with Gasteiger partial charge in [-0.1, -0.05) is 12.1 Å². The molecule has 2 aromatic carbocycles. The van der Waals surface area contributed by atoms with Crippen LogP contribution in [0.5, 0.6) is 5.75 Å². The summed E-state index contributed by atoms with van der Waals surface area (Å²) in [6.07, 6.45) is 0. The first-order valence-electron chi connectivity index (χ1n) is 6.16. The number of rotatable bonds is 4. The zero-order chi connectivity index (χ0) is 16.5. The van der Waals surface area contributed by atoms with Crippen LogP contribution in [-0.2, 0) is 10.1 Å². The predicted octanol–water partition coefficient (Wildman–Crippen LogP) is 3.74. The number of nitro benzene ring substituents is 1. The number of benzene rings is 2. The second-order valence-corrected chi connectivity index (χ2v) is 7.07. The fourth-order valence-electron chi connectivity index (χ4n) is 1.81. The van der Waals surface area contributed by atoms with Gasteiger partial charge in [-0.05, 0) is 59.1 Å². The van der Waals surface area contributed by atoms with Crippen molar-refractivity contribution in [3.63, 3.8) is 0 Å². The Kier molecular flexibility index (Phi) is 4.52. The van der Waals surface area contributed by atoms with E-state index in [9.17, 15) is 18.5 Å². The highest BCUT2D eigenvalue weighted by Crippen LogP contribution is 2.32. The molecule has 0 saturated heterocycles. The minimum absolute atomic E-state index is 0.0898. The standard InChI is InChI=1S/C14H12BrNO5S/c1-9-4-6-14(11(15)7-9)22(19,20)21-13-5-3-10(2)8-12(13)16(17)18/h3-8H,1-2H3. The molecule has 6 nitrogen and oxygen atoms in total. The summed E-state index contributed by atoms with van der Waals surface area (Å²) in [7, 11) is -4.18. The molecule has 2 aromatic rings. The van der Waals surface area contributed by atoms with Crippen molar-refractivity contribution in [1.29, 1.82) is 0 Å². The molecule has 0 spiro atoms. The van der Waals surface area contributed by atoms with Crippen molar-refractivity contribution in [2.45, 2.75) is 18.7 Å². The first kappa shape index (κ1) is 16.4. The molecule has 0 fully saturated rings. The molecule has 22 heavy (non-hydrogen) atoms. The van der Waals surface area contributed by atoms with E-state index in [1.54, 1.807) is 25.1 Å². The van der Waals surface area contributed by atoms with Gasteiger partial charge in [0.2, 0.25) is 5.75 Å². The van der Waals surface area contributed by atoms with Gasteiger partial charge >= 0.3 is 15.8 Å². The van der Waals surface area contributed by atoms with Crippen molar-refractivity contribution in [2.24, 2.45) is 0 Å². The summed E-state index contributed by atoms with van der Waals surface area (Å²) in [5, 5.41) is 11.0. The Morgan fingerprint density at radius 2 is 1.68 bits per heavy atom. The highest BCUT2D eigenvalue weighted by atomic mass is 79.9. The third-order valence-electron chi connectivity index (χ3n) is 2.87. The largest absolute Gasteiger partial charge is 0.372 e. The summed E-state index contributed by atoms with van der Waals surface area (Å²) in [5.74, 6) is -0.317. The summed E-state index contributed by atoms with van der Waals surface area (Å²) < 4.78 is 29.9. The quantitative estimate of drug-likeness (QED) is 0.454. The van der Waals surface area contributed by atoms with Crippen molar-refractivity contribution in [3.05, 3.63) is 62.1 Å². The number of aryl methyl sites for hydroxylation is 2. The molecule has 0 aliphatic rings. The van der Waals surface area contributed by atoms with Gasteiger partial charge in [-0.15, -0.1) is 0 Å². The second kappa shape index (κ2) is 6.05. The lowest BCUT2D eigenvalue weighted by molar-refractivity contribution is -0.385. The summed E-state index contributed by atoms with van der Waals surface area (Å²) in [4.78, 5) is 10.3. The Labute approximate surface area is 136 Å². The minimum atomic E-state index is -4.18. The van der Waals surface area contributed by atoms with E-state index in [1.807, 2.05) is 6.92 Å². The maximum absolute atomic E-state index is 12.3. The zero-order valence-corrected chi connectivity index (χ0v) is 14.1. The number of hydrogen-bond donors (Lipinski definition) is 0. The highest BCUT2D eigenvalue weighted by molar-refractivity contribution is 9.10. The molecule has 116 valence electrons. The number of hydrogen-bond acceptors (Lipinski definition) is 5. The van der Waals surface area contributed by atoms with Crippen LogP contribution >= 0.6 is 15.9 Å². The van der Waals surface area contributed by atoms with E-state index < -0.39 is 20.7 Å². The Morgan fingerprint density at radius 1 is 1.09 bits per heavy atom. The molecule has 0 heterocycles. The Balaban J connectivity index is 2.47. The maximum atomic E-state index is 12.3. The van der Waals surface area contributed by atoms with Crippen LogP contribution in [0.4, 0.5) is 5.69 Å². The van der Waals surface area contributed by atoms with E-state index in [4.69, 9.17) is 4.18 Å². The number of nitrogens with zero attached hydrogens (tertiary/aromatic N) is 1. The van der Waals surface area contributed by atoms with Crippen molar-refractivity contribution >= 4 is 31.7 Å². The van der Waals surface area contributed by atoms with E-state index >= 15 is 0 Å². The Hall–Kier alpha value is -1.93. The van der Waals surface area contributed by atoms with Crippen molar-refractivity contribution in [3.8, 4) is 5.75 Å². The molecule has 0 bridgehead atoms. The molecule has 0 aromatic heterocycles. The predicted molar refractivity (Wildman–Crippen MR) is 84.5 cm³/mol. The third-order valence-corrected chi connectivity index (χ3v) is 5.08. The molecule has 2 rings (SSSR count). The highest BCUT2D eigenvalue weighted by Gasteiger charge is 2.25. The van der Waals surface area contributed by atoms with E-state index in [2.05, 4.69) is 15.9 Å². The van der Waals surface area contributed by atoms with E-state index in [0.29, 0.717) is 10.0 Å². The maximum Gasteiger partial charge on any atom is 0.340 e. The van der Waals surface area contributed by atoms with Gasteiger partial charge in [0.1, 0.15) is 4.90 Å². The van der Waals surface area contributed by atoms with Crippen LogP contribution in [-0.4, -0.2) is 13.3 Å². The lowest BCUT2D eigenvalue weighted by Gasteiger charge is -2.09. The summed E-state index contributed by atoms with van der Waals surface area (Å²) >= 11 is 3.16. The van der Waals surface area contributed by atoms with Crippen molar-refractivity contribution in [1.82, 2.24) is 0 Å². The molecule has 0 atom stereocenters. The SMILES string of the molecule is Cc1ccc(S(=O)(=O)Oc2ccc(C)cc2[N+](=O)[O-])c(Br)c1. The third kappa shape index (κ3) is 3.45. The van der Waals surface area contributed by atoms with Crippen LogP contribution in [0.1, 0.15) is 11.1 Å². The van der Waals surface area contributed by atoms with Gasteiger partial charge in [-0.3, -0.25) is 10.1 Å². The number of nitro groups is 1. The zero-order valence-electron chi connectivity index (χ0n) is 11.7. The monoisotopic (exact) mass is 385 g/mol. The van der Waals surface area contributed by atoms with Gasteiger partial charge < -0.3 is 4.18 Å². The van der Waals surface area contributed by atoms with Gasteiger partial charge in [0.15, 0.2) is 0 Å². The first-order valence-corrected chi connectivity index (χ1v) is 8.36. The summed E-state index contributed by atoms with van der Waals surface area (Å²) in [6, 6.07) is 8.70. The molecule has 0 radical (unpaired) electrons. The average molecular weight is 386 g/mol. The lowest BCUT2D eigenvalue weighted by Crippen LogP contribution is -2.11. The fraction of sp³-hybridized carbons (Fsp3) is 0.143. The van der Waals surface area contributed by atoms with Gasteiger partial charge in [0.05, 0.1) is 4.92 Å². The number of halogens is 1. The van der Waals surface area contributed by atoms with Gasteiger partial charge in [0, 0.05) is 10.5 Å². The summed E-state index contributed by atoms with van der Waals surface area (Å²) in [6.45, 7) is 3.48. The second-order valence-electron chi connectivity index (χ2n) is 4.70. The topological polar surface area (TPSA) is 86.5 Å².